The van der Waals surface area contributed by atoms with E-state index in [1.807, 2.05) is 30.5 Å². The van der Waals surface area contributed by atoms with Gasteiger partial charge >= 0.3 is 0 Å². The molecule has 1 unspecified atom stereocenters. The van der Waals surface area contributed by atoms with Gasteiger partial charge in [-0.2, -0.15) is 11.8 Å². The van der Waals surface area contributed by atoms with E-state index in [0.717, 1.165) is 23.2 Å². The standard InChI is InChI=1S/C14H18N2OS/c1-10(9-18-2)8-16-14(17)12-5-3-4-11-6-7-15-13(11)12/h3-7,10,15H,8-9H2,1-2H3,(H,16,17). The topological polar surface area (TPSA) is 44.9 Å². The molecule has 1 aromatic heterocycles. The molecule has 18 heavy (non-hydrogen) atoms. The minimum atomic E-state index is -0.00370. The van der Waals surface area contributed by atoms with Gasteiger partial charge in [0.2, 0.25) is 0 Å². The summed E-state index contributed by atoms with van der Waals surface area (Å²) in [5.74, 6) is 1.55. The van der Waals surface area contributed by atoms with Crippen molar-refractivity contribution in [1.29, 1.82) is 0 Å². The molecule has 0 saturated carbocycles. The van der Waals surface area contributed by atoms with Crippen molar-refractivity contribution < 1.29 is 4.79 Å². The Labute approximate surface area is 111 Å². The van der Waals surface area contributed by atoms with Gasteiger partial charge in [-0.25, -0.2) is 0 Å². The van der Waals surface area contributed by atoms with Gasteiger partial charge in [0.25, 0.3) is 5.91 Å². The summed E-state index contributed by atoms with van der Waals surface area (Å²) in [4.78, 5) is 15.2. The molecule has 3 nitrogen and oxygen atoms in total. The predicted octanol–water partition coefficient (Wildman–Crippen LogP) is 2.90. The van der Waals surface area contributed by atoms with Gasteiger partial charge in [-0.3, -0.25) is 4.79 Å². The molecule has 4 heteroatoms. The van der Waals surface area contributed by atoms with E-state index in [-0.39, 0.29) is 5.91 Å². The number of thioether (sulfide) groups is 1. The monoisotopic (exact) mass is 262 g/mol. The number of hydrogen-bond donors (Lipinski definition) is 2. The molecule has 0 aliphatic rings. The Bertz CT molecular complexity index is 535. The molecule has 1 amide bonds. The summed E-state index contributed by atoms with van der Waals surface area (Å²) in [6, 6.07) is 7.74. The number of fused-ring (bicyclic) bond motifs is 1. The van der Waals surface area contributed by atoms with Crippen LogP contribution in [0.15, 0.2) is 30.5 Å². The van der Waals surface area contributed by atoms with E-state index in [0.29, 0.717) is 11.5 Å². The van der Waals surface area contributed by atoms with Crippen LogP contribution in [0.2, 0.25) is 0 Å². The molecule has 0 aliphatic carbocycles. The summed E-state index contributed by atoms with van der Waals surface area (Å²) < 4.78 is 0. The highest BCUT2D eigenvalue weighted by atomic mass is 32.2. The number of carbonyl (C=O) groups excluding carboxylic acids is 1. The molecule has 0 saturated heterocycles. The molecular weight excluding hydrogens is 244 g/mol. The number of aromatic nitrogens is 1. The van der Waals surface area contributed by atoms with E-state index in [1.165, 1.54) is 0 Å². The molecule has 1 aromatic carbocycles. The average molecular weight is 262 g/mol. The Morgan fingerprint density at radius 3 is 3.06 bits per heavy atom. The van der Waals surface area contributed by atoms with Gasteiger partial charge in [0.1, 0.15) is 0 Å². The van der Waals surface area contributed by atoms with Crippen molar-refractivity contribution in [3.8, 4) is 0 Å². The van der Waals surface area contributed by atoms with Gasteiger partial charge in [-0.1, -0.05) is 19.1 Å². The number of hydrogen-bond acceptors (Lipinski definition) is 2. The number of nitrogens with one attached hydrogen (secondary N) is 2. The summed E-state index contributed by atoms with van der Waals surface area (Å²) in [7, 11) is 0. The van der Waals surface area contributed by atoms with Crippen molar-refractivity contribution in [1.82, 2.24) is 10.3 Å². The highest BCUT2D eigenvalue weighted by Gasteiger charge is 2.11. The maximum absolute atomic E-state index is 12.1. The van der Waals surface area contributed by atoms with Crippen LogP contribution in [0.4, 0.5) is 0 Å². The fourth-order valence-electron chi connectivity index (χ4n) is 1.98. The smallest absolute Gasteiger partial charge is 0.253 e. The normalized spacial score (nSPS) is 12.6. The third-order valence-electron chi connectivity index (χ3n) is 2.89. The zero-order valence-electron chi connectivity index (χ0n) is 10.7. The Morgan fingerprint density at radius 1 is 1.44 bits per heavy atom. The minimum Gasteiger partial charge on any atom is -0.361 e. The first-order valence-electron chi connectivity index (χ1n) is 6.05. The Morgan fingerprint density at radius 2 is 2.28 bits per heavy atom. The predicted molar refractivity (Wildman–Crippen MR) is 78.2 cm³/mol. The molecule has 2 N–H and O–H groups in total. The van der Waals surface area contributed by atoms with Crippen LogP contribution in [0.1, 0.15) is 17.3 Å². The second-order valence-corrected chi connectivity index (χ2v) is 5.43. The van der Waals surface area contributed by atoms with Crippen molar-refractivity contribution in [3.63, 3.8) is 0 Å². The third kappa shape index (κ3) is 2.88. The zero-order valence-corrected chi connectivity index (χ0v) is 11.5. The quantitative estimate of drug-likeness (QED) is 0.870. The van der Waals surface area contributed by atoms with E-state index in [4.69, 9.17) is 0 Å². The van der Waals surface area contributed by atoms with Crippen LogP contribution >= 0.6 is 11.8 Å². The fourth-order valence-corrected chi connectivity index (χ4v) is 2.67. The summed E-state index contributed by atoms with van der Waals surface area (Å²) in [6.45, 7) is 2.86. The number of carbonyl (C=O) groups is 1. The van der Waals surface area contributed by atoms with Crippen LogP contribution in [-0.2, 0) is 0 Å². The third-order valence-corrected chi connectivity index (χ3v) is 3.80. The number of benzene rings is 1. The Hall–Kier alpha value is -1.42. The van der Waals surface area contributed by atoms with Crippen LogP contribution in [0.5, 0.6) is 0 Å². The van der Waals surface area contributed by atoms with Crippen molar-refractivity contribution in [2.24, 2.45) is 5.92 Å². The maximum Gasteiger partial charge on any atom is 0.253 e. The van der Waals surface area contributed by atoms with Crippen LogP contribution < -0.4 is 5.32 Å². The van der Waals surface area contributed by atoms with Gasteiger partial charge < -0.3 is 10.3 Å². The number of aromatic amines is 1. The first-order chi connectivity index (χ1) is 8.72. The molecule has 0 radical (unpaired) electrons. The van der Waals surface area contributed by atoms with Gasteiger partial charge in [0, 0.05) is 18.1 Å². The first-order valence-corrected chi connectivity index (χ1v) is 7.45. The largest absolute Gasteiger partial charge is 0.361 e. The Kier molecular flexibility index (Phi) is 4.31. The fraction of sp³-hybridized carbons (Fsp3) is 0.357. The Balaban J connectivity index is 2.07. The minimum absolute atomic E-state index is 0.00370. The maximum atomic E-state index is 12.1. The molecule has 1 heterocycles. The number of H-pyrrole nitrogens is 1. The van der Waals surface area contributed by atoms with Crippen molar-refractivity contribution in [2.75, 3.05) is 18.6 Å². The van der Waals surface area contributed by atoms with E-state index in [9.17, 15) is 4.79 Å². The summed E-state index contributed by atoms with van der Waals surface area (Å²) in [6.07, 6.45) is 3.94. The van der Waals surface area contributed by atoms with Crippen LogP contribution in [0.3, 0.4) is 0 Å². The zero-order chi connectivity index (χ0) is 13.0. The van der Waals surface area contributed by atoms with Crippen LogP contribution in [0.25, 0.3) is 10.9 Å². The van der Waals surface area contributed by atoms with Gasteiger partial charge in [-0.05, 0) is 30.1 Å². The first kappa shape index (κ1) is 13.0. The van der Waals surface area contributed by atoms with Crippen molar-refractivity contribution in [2.45, 2.75) is 6.92 Å². The molecule has 0 fully saturated rings. The molecule has 2 rings (SSSR count). The lowest BCUT2D eigenvalue weighted by Crippen LogP contribution is -2.29. The SMILES string of the molecule is CSCC(C)CNC(=O)c1cccc2cc[nH]c12. The molecular formula is C14H18N2OS. The van der Waals surface area contributed by atoms with E-state index >= 15 is 0 Å². The number of para-hydroxylation sites is 1. The molecule has 0 spiro atoms. The highest BCUT2D eigenvalue weighted by molar-refractivity contribution is 7.98. The van der Waals surface area contributed by atoms with Crippen molar-refractivity contribution in [3.05, 3.63) is 36.0 Å². The lowest BCUT2D eigenvalue weighted by atomic mass is 10.1. The van der Waals surface area contributed by atoms with E-state index in [1.54, 1.807) is 11.8 Å². The molecule has 0 bridgehead atoms. The summed E-state index contributed by atoms with van der Waals surface area (Å²) in [5, 5.41) is 4.06. The molecule has 96 valence electrons. The number of amides is 1. The average Bonchev–Trinajstić information content (AvgIpc) is 2.84. The van der Waals surface area contributed by atoms with Gasteiger partial charge in [0.15, 0.2) is 0 Å². The molecule has 0 aliphatic heterocycles. The lowest BCUT2D eigenvalue weighted by Gasteiger charge is -2.11. The summed E-state index contributed by atoms with van der Waals surface area (Å²) in [5.41, 5.74) is 1.63. The van der Waals surface area contributed by atoms with Crippen molar-refractivity contribution >= 4 is 28.6 Å². The van der Waals surface area contributed by atoms with Gasteiger partial charge in [-0.15, -0.1) is 0 Å². The highest BCUT2D eigenvalue weighted by Crippen LogP contribution is 2.16. The number of rotatable bonds is 5. The molecule has 1 atom stereocenters. The van der Waals surface area contributed by atoms with Crippen LogP contribution in [0, 0.1) is 5.92 Å². The van der Waals surface area contributed by atoms with Gasteiger partial charge in [0.05, 0.1) is 11.1 Å². The van der Waals surface area contributed by atoms with E-state index in [2.05, 4.69) is 23.5 Å². The second-order valence-electron chi connectivity index (χ2n) is 4.52. The second kappa shape index (κ2) is 5.96. The lowest BCUT2D eigenvalue weighted by molar-refractivity contribution is 0.0951. The molecule has 2 aromatic rings. The van der Waals surface area contributed by atoms with Crippen LogP contribution in [-0.4, -0.2) is 29.4 Å². The summed E-state index contributed by atoms with van der Waals surface area (Å²) >= 11 is 1.80. The van der Waals surface area contributed by atoms with E-state index < -0.39 is 0 Å².